The SMILES string of the molecule is CCOC(=O)COc1ccc(/C=N/NC(=O)CSc2nnnn2-c2ccccc2)cc1OC. The highest BCUT2D eigenvalue weighted by atomic mass is 32.2. The largest absolute Gasteiger partial charge is 0.493 e. The van der Waals surface area contributed by atoms with E-state index >= 15 is 0 Å². The van der Waals surface area contributed by atoms with Gasteiger partial charge >= 0.3 is 5.97 Å². The molecule has 1 N–H and O–H groups in total. The van der Waals surface area contributed by atoms with Crippen LogP contribution in [-0.4, -0.2) is 64.4 Å². The van der Waals surface area contributed by atoms with Gasteiger partial charge in [-0.2, -0.15) is 9.78 Å². The normalized spacial score (nSPS) is 10.7. The zero-order chi connectivity index (χ0) is 23.5. The summed E-state index contributed by atoms with van der Waals surface area (Å²) < 4.78 is 17.1. The summed E-state index contributed by atoms with van der Waals surface area (Å²) in [7, 11) is 1.48. The van der Waals surface area contributed by atoms with Gasteiger partial charge in [0, 0.05) is 0 Å². The zero-order valence-electron chi connectivity index (χ0n) is 18.0. The van der Waals surface area contributed by atoms with Gasteiger partial charge < -0.3 is 14.2 Å². The number of nitrogens with zero attached hydrogens (tertiary/aromatic N) is 5. The van der Waals surface area contributed by atoms with Gasteiger partial charge in [0.05, 0.1) is 31.4 Å². The monoisotopic (exact) mass is 470 g/mol. The predicted molar refractivity (Wildman–Crippen MR) is 121 cm³/mol. The number of rotatable bonds is 11. The quantitative estimate of drug-likeness (QED) is 0.193. The molecule has 3 aromatic rings. The first-order valence-electron chi connectivity index (χ1n) is 9.85. The third-order valence-electron chi connectivity index (χ3n) is 4.02. The van der Waals surface area contributed by atoms with Crippen LogP contribution in [0.4, 0.5) is 0 Å². The molecular formula is C21H22N6O5S. The van der Waals surface area contributed by atoms with Gasteiger partial charge in [-0.1, -0.05) is 30.0 Å². The van der Waals surface area contributed by atoms with Crippen molar-refractivity contribution in [3.8, 4) is 17.2 Å². The number of para-hydroxylation sites is 1. The predicted octanol–water partition coefficient (Wildman–Crippen LogP) is 1.86. The molecule has 1 amide bonds. The first kappa shape index (κ1) is 23.7. The van der Waals surface area contributed by atoms with E-state index in [9.17, 15) is 9.59 Å². The number of amides is 1. The van der Waals surface area contributed by atoms with Gasteiger partial charge in [-0.3, -0.25) is 4.79 Å². The lowest BCUT2D eigenvalue weighted by Crippen LogP contribution is -2.20. The first-order valence-corrected chi connectivity index (χ1v) is 10.8. The Bertz CT molecular complexity index is 1110. The fourth-order valence-electron chi connectivity index (χ4n) is 2.56. The summed E-state index contributed by atoms with van der Waals surface area (Å²) in [5.41, 5.74) is 3.92. The van der Waals surface area contributed by atoms with Gasteiger partial charge in [0.2, 0.25) is 5.16 Å². The highest BCUT2D eigenvalue weighted by Crippen LogP contribution is 2.27. The van der Waals surface area contributed by atoms with Crippen LogP contribution in [0.25, 0.3) is 5.69 Å². The van der Waals surface area contributed by atoms with E-state index in [1.165, 1.54) is 25.1 Å². The van der Waals surface area contributed by atoms with Gasteiger partial charge in [0.15, 0.2) is 18.1 Å². The lowest BCUT2D eigenvalue weighted by atomic mass is 10.2. The molecule has 3 rings (SSSR count). The van der Waals surface area contributed by atoms with Gasteiger partial charge in [-0.15, -0.1) is 5.10 Å². The molecule has 0 bridgehead atoms. The number of tetrazole rings is 1. The van der Waals surface area contributed by atoms with Crippen LogP contribution < -0.4 is 14.9 Å². The summed E-state index contributed by atoms with van der Waals surface area (Å²) in [4.78, 5) is 23.6. The second-order valence-corrected chi connectivity index (χ2v) is 7.24. The fourth-order valence-corrected chi connectivity index (χ4v) is 3.25. The number of ether oxygens (including phenoxy) is 3. The molecule has 12 heteroatoms. The number of hydrazone groups is 1. The van der Waals surface area contributed by atoms with Gasteiger partial charge in [0.25, 0.3) is 5.91 Å². The van der Waals surface area contributed by atoms with Crippen molar-refractivity contribution >= 4 is 29.9 Å². The molecule has 0 spiro atoms. The Kier molecular flexibility index (Phi) is 8.77. The molecule has 11 nitrogen and oxygen atoms in total. The summed E-state index contributed by atoms with van der Waals surface area (Å²) in [6, 6.07) is 14.4. The minimum atomic E-state index is -0.469. The van der Waals surface area contributed by atoms with Crippen molar-refractivity contribution < 1.29 is 23.8 Å². The molecule has 0 aliphatic rings. The topological polar surface area (TPSA) is 130 Å². The van der Waals surface area contributed by atoms with Crippen LogP contribution in [0.15, 0.2) is 58.8 Å². The molecule has 0 radical (unpaired) electrons. The van der Waals surface area contributed by atoms with Crippen LogP contribution in [0.2, 0.25) is 0 Å². The number of carbonyl (C=O) groups excluding carboxylic acids is 2. The molecule has 1 aromatic heterocycles. The van der Waals surface area contributed by atoms with Crippen LogP contribution in [-0.2, 0) is 14.3 Å². The number of hydrogen-bond donors (Lipinski definition) is 1. The summed E-state index contributed by atoms with van der Waals surface area (Å²) in [6.45, 7) is 1.78. The van der Waals surface area contributed by atoms with Crippen LogP contribution in [0.3, 0.4) is 0 Å². The van der Waals surface area contributed by atoms with Gasteiger partial charge in [-0.25, -0.2) is 10.2 Å². The van der Waals surface area contributed by atoms with Crippen LogP contribution >= 0.6 is 11.8 Å². The van der Waals surface area contributed by atoms with Crippen molar-refractivity contribution in [2.75, 3.05) is 26.1 Å². The maximum absolute atomic E-state index is 12.1. The van der Waals surface area contributed by atoms with Crippen LogP contribution in [0.1, 0.15) is 12.5 Å². The standard InChI is InChI=1S/C21H22N6O5S/c1-3-31-20(29)13-32-17-10-9-15(11-18(17)30-2)12-22-23-19(28)14-33-21-24-25-26-27(21)16-7-5-4-6-8-16/h4-12H,3,13-14H2,1-2H3,(H,23,28)/b22-12+. The minimum absolute atomic E-state index is 0.0779. The Labute approximate surface area is 194 Å². The zero-order valence-corrected chi connectivity index (χ0v) is 18.8. The maximum atomic E-state index is 12.1. The second-order valence-electron chi connectivity index (χ2n) is 6.29. The number of methoxy groups -OCH3 is 1. The Morgan fingerprint density at radius 1 is 1.18 bits per heavy atom. The van der Waals surface area contributed by atoms with Crippen LogP contribution in [0.5, 0.6) is 11.5 Å². The van der Waals surface area contributed by atoms with E-state index in [-0.39, 0.29) is 24.9 Å². The first-order chi connectivity index (χ1) is 16.1. The molecule has 2 aromatic carbocycles. The van der Waals surface area contributed by atoms with E-state index in [0.717, 1.165) is 5.69 Å². The van der Waals surface area contributed by atoms with E-state index in [1.807, 2.05) is 30.3 Å². The Balaban J connectivity index is 1.51. The number of nitrogens with one attached hydrogen (secondary N) is 1. The van der Waals surface area contributed by atoms with Crippen molar-refractivity contribution in [3.05, 3.63) is 54.1 Å². The summed E-state index contributed by atoms with van der Waals surface area (Å²) in [5, 5.41) is 16.0. The van der Waals surface area contributed by atoms with Gasteiger partial charge in [-0.05, 0) is 53.2 Å². The molecule has 1 heterocycles. The molecule has 0 unspecified atom stereocenters. The van der Waals surface area contributed by atoms with Crippen molar-refractivity contribution in [2.24, 2.45) is 5.10 Å². The molecule has 0 fully saturated rings. The van der Waals surface area contributed by atoms with Crippen molar-refractivity contribution in [1.82, 2.24) is 25.6 Å². The molecule has 0 saturated heterocycles. The number of hydrogen-bond acceptors (Lipinski definition) is 10. The average molecular weight is 471 g/mol. The van der Waals surface area contributed by atoms with E-state index < -0.39 is 5.97 Å². The Morgan fingerprint density at radius 3 is 2.76 bits per heavy atom. The van der Waals surface area contributed by atoms with E-state index in [2.05, 4.69) is 26.1 Å². The molecule has 172 valence electrons. The number of aromatic nitrogens is 4. The second kappa shape index (κ2) is 12.2. The number of esters is 1. The molecule has 0 saturated carbocycles. The van der Waals surface area contributed by atoms with Crippen LogP contribution in [0, 0.1) is 0 Å². The lowest BCUT2D eigenvalue weighted by molar-refractivity contribution is -0.145. The number of benzene rings is 2. The highest BCUT2D eigenvalue weighted by molar-refractivity contribution is 7.99. The Morgan fingerprint density at radius 2 is 2.00 bits per heavy atom. The number of carbonyl (C=O) groups is 2. The maximum Gasteiger partial charge on any atom is 0.344 e. The molecular weight excluding hydrogens is 448 g/mol. The van der Waals surface area contributed by atoms with E-state index in [0.29, 0.717) is 22.2 Å². The Hall–Kier alpha value is -3.93. The summed E-state index contributed by atoms with van der Waals surface area (Å²) in [5.74, 6) is 0.0926. The smallest absolute Gasteiger partial charge is 0.344 e. The van der Waals surface area contributed by atoms with Crippen molar-refractivity contribution in [1.29, 1.82) is 0 Å². The minimum Gasteiger partial charge on any atom is -0.493 e. The third-order valence-corrected chi connectivity index (χ3v) is 4.93. The summed E-state index contributed by atoms with van der Waals surface area (Å²) in [6.07, 6.45) is 1.47. The molecule has 0 aliphatic heterocycles. The molecule has 0 aliphatic carbocycles. The third kappa shape index (κ3) is 7.04. The highest BCUT2D eigenvalue weighted by Gasteiger charge is 2.11. The molecule has 0 atom stereocenters. The fraction of sp³-hybridized carbons (Fsp3) is 0.238. The van der Waals surface area contributed by atoms with Crippen molar-refractivity contribution in [2.45, 2.75) is 12.1 Å². The van der Waals surface area contributed by atoms with E-state index in [1.54, 1.807) is 29.8 Å². The average Bonchev–Trinajstić information content (AvgIpc) is 3.31. The van der Waals surface area contributed by atoms with Gasteiger partial charge in [0.1, 0.15) is 0 Å². The van der Waals surface area contributed by atoms with E-state index in [4.69, 9.17) is 14.2 Å². The summed E-state index contributed by atoms with van der Waals surface area (Å²) >= 11 is 1.19. The lowest BCUT2D eigenvalue weighted by Gasteiger charge is -2.10. The number of thioether (sulfide) groups is 1. The van der Waals surface area contributed by atoms with Crippen molar-refractivity contribution in [3.63, 3.8) is 0 Å². The molecule has 33 heavy (non-hydrogen) atoms.